The van der Waals surface area contributed by atoms with Crippen molar-refractivity contribution in [2.24, 2.45) is 5.92 Å². The fourth-order valence-electron chi connectivity index (χ4n) is 5.17. The van der Waals surface area contributed by atoms with Gasteiger partial charge in [-0.25, -0.2) is 17.7 Å². The highest BCUT2D eigenvalue weighted by Crippen LogP contribution is 2.36. The number of hydrogen-bond acceptors (Lipinski definition) is 5. The molecule has 0 bridgehead atoms. The maximum absolute atomic E-state index is 13.1. The number of sulfonamides is 1. The molecule has 1 N–H and O–H groups in total. The lowest BCUT2D eigenvalue weighted by atomic mass is 9.87. The summed E-state index contributed by atoms with van der Waals surface area (Å²) >= 11 is 0. The van der Waals surface area contributed by atoms with Crippen LogP contribution in [0.5, 0.6) is 0 Å². The van der Waals surface area contributed by atoms with Gasteiger partial charge in [-0.2, -0.15) is 13.2 Å². The number of halogens is 3. The number of hydrogen-bond donors (Lipinski definition) is 1. The predicted molar refractivity (Wildman–Crippen MR) is 119 cm³/mol. The summed E-state index contributed by atoms with van der Waals surface area (Å²) in [5.74, 6) is -1.56. The van der Waals surface area contributed by atoms with Gasteiger partial charge in [0.15, 0.2) is 0 Å². The quantitative estimate of drug-likeness (QED) is 0.612. The minimum absolute atomic E-state index is 0.00919. The lowest BCUT2D eigenvalue weighted by Crippen LogP contribution is -2.48. The highest BCUT2D eigenvalue weighted by atomic mass is 32.2. The minimum atomic E-state index is -4.36. The topological polar surface area (TPSA) is 82.2 Å². The summed E-state index contributed by atoms with van der Waals surface area (Å²) in [6, 6.07) is 4.02. The van der Waals surface area contributed by atoms with Crippen LogP contribution >= 0.6 is 0 Å². The summed E-state index contributed by atoms with van der Waals surface area (Å²) in [6.45, 7) is 0.846. The normalized spacial score (nSPS) is 22.3. The molecule has 178 valence electrons. The van der Waals surface area contributed by atoms with Gasteiger partial charge in [-0.05, 0) is 62.4 Å². The Bertz CT molecular complexity index is 1250. The maximum Gasteiger partial charge on any atom is 0.393 e. The molecule has 33 heavy (non-hydrogen) atoms. The third kappa shape index (κ3) is 4.45. The Morgan fingerprint density at radius 3 is 2.64 bits per heavy atom. The number of nitrogens with zero attached hydrogens (tertiary/aromatic N) is 4. The highest BCUT2D eigenvalue weighted by molar-refractivity contribution is 7.89. The summed E-state index contributed by atoms with van der Waals surface area (Å²) in [5, 5.41) is 2.09. The third-order valence-electron chi connectivity index (χ3n) is 6.94. The minimum Gasteiger partial charge on any atom is -0.346 e. The van der Waals surface area contributed by atoms with E-state index in [0.29, 0.717) is 13.1 Å². The first-order valence-electron chi connectivity index (χ1n) is 11.2. The van der Waals surface area contributed by atoms with E-state index in [4.69, 9.17) is 0 Å². The number of alkyl halides is 3. The molecule has 11 heteroatoms. The van der Waals surface area contributed by atoms with E-state index in [9.17, 15) is 21.6 Å². The van der Waals surface area contributed by atoms with Crippen LogP contribution in [0.25, 0.3) is 21.9 Å². The molecule has 2 aliphatic heterocycles. The van der Waals surface area contributed by atoms with Gasteiger partial charge in [0.2, 0.25) is 10.0 Å². The van der Waals surface area contributed by atoms with Gasteiger partial charge in [-0.1, -0.05) is 0 Å². The molecule has 0 aliphatic carbocycles. The molecule has 3 aromatic rings. The number of likely N-dealkylation sites (tertiary alicyclic amines) is 1. The first-order chi connectivity index (χ1) is 15.7. The van der Waals surface area contributed by atoms with Gasteiger partial charge in [0.05, 0.1) is 17.6 Å². The second kappa shape index (κ2) is 8.52. The van der Waals surface area contributed by atoms with Crippen LogP contribution in [0.1, 0.15) is 37.2 Å². The van der Waals surface area contributed by atoms with E-state index in [2.05, 4.69) is 15.0 Å². The van der Waals surface area contributed by atoms with Gasteiger partial charge in [0.25, 0.3) is 0 Å². The molecule has 1 atom stereocenters. The summed E-state index contributed by atoms with van der Waals surface area (Å²) in [6.07, 6.45) is 2.80. The van der Waals surface area contributed by atoms with Crippen LogP contribution in [0.3, 0.4) is 0 Å². The Kier molecular flexibility index (Phi) is 5.82. The molecular weight excluding hydrogens is 455 g/mol. The van der Waals surface area contributed by atoms with E-state index in [1.165, 1.54) is 5.56 Å². The second-order valence-electron chi connectivity index (χ2n) is 9.03. The van der Waals surface area contributed by atoms with E-state index in [1.807, 2.05) is 23.2 Å². The zero-order valence-electron chi connectivity index (χ0n) is 18.1. The lowest BCUT2D eigenvalue weighted by Gasteiger charge is -2.36. The molecule has 5 heterocycles. The molecule has 0 saturated carbocycles. The van der Waals surface area contributed by atoms with E-state index in [1.54, 1.807) is 12.4 Å². The van der Waals surface area contributed by atoms with Crippen LogP contribution in [0.4, 0.5) is 13.2 Å². The van der Waals surface area contributed by atoms with Crippen LogP contribution in [-0.2, 0) is 10.0 Å². The van der Waals surface area contributed by atoms with Gasteiger partial charge < -0.3 is 4.98 Å². The van der Waals surface area contributed by atoms with Crippen LogP contribution in [0.2, 0.25) is 0 Å². The van der Waals surface area contributed by atoms with Gasteiger partial charge in [0.1, 0.15) is 11.5 Å². The van der Waals surface area contributed by atoms with Crippen LogP contribution < -0.4 is 0 Å². The molecule has 0 radical (unpaired) electrons. The molecule has 2 aliphatic rings. The van der Waals surface area contributed by atoms with Crippen molar-refractivity contribution in [3.05, 3.63) is 36.3 Å². The first kappa shape index (κ1) is 22.5. The van der Waals surface area contributed by atoms with Crippen LogP contribution in [0, 0.1) is 5.92 Å². The predicted octanol–water partition coefficient (Wildman–Crippen LogP) is 3.85. The first-order valence-corrected chi connectivity index (χ1v) is 12.8. The van der Waals surface area contributed by atoms with Crippen molar-refractivity contribution in [1.29, 1.82) is 0 Å². The second-order valence-corrected chi connectivity index (χ2v) is 11.0. The average Bonchev–Trinajstić information content (AvgIpc) is 3.28. The smallest absolute Gasteiger partial charge is 0.346 e. The van der Waals surface area contributed by atoms with Gasteiger partial charge >= 0.3 is 6.18 Å². The molecule has 3 aromatic heterocycles. The Morgan fingerprint density at radius 2 is 1.88 bits per heavy atom. The number of aromatic nitrogens is 3. The standard InChI is InChI=1S/C22H26F3N5O2S/c23-22(24,25)16-2-1-9-30(13-16)33(31,32)14-29-10-5-15(6-11-29)17-3-7-26-19-12-28-21-18(20(17)19)4-8-27-21/h3-4,7-8,12,15-16H,1-2,5-6,9-11,13-14H2,(H,27,28). The van der Waals surface area contributed by atoms with E-state index in [-0.39, 0.29) is 31.2 Å². The fraction of sp³-hybridized carbons (Fsp3) is 0.545. The number of H-pyrrole nitrogens is 1. The third-order valence-corrected chi connectivity index (χ3v) is 8.75. The van der Waals surface area contributed by atoms with E-state index >= 15 is 0 Å². The van der Waals surface area contributed by atoms with Crippen molar-refractivity contribution in [2.45, 2.75) is 37.8 Å². The molecule has 1 unspecified atom stereocenters. The van der Waals surface area contributed by atoms with E-state index in [0.717, 1.165) is 39.1 Å². The van der Waals surface area contributed by atoms with E-state index < -0.39 is 28.7 Å². The summed E-state index contributed by atoms with van der Waals surface area (Å²) < 4.78 is 66.1. The molecule has 2 fully saturated rings. The number of pyridine rings is 2. The Morgan fingerprint density at radius 1 is 1.09 bits per heavy atom. The Balaban J connectivity index is 1.28. The average molecular weight is 482 g/mol. The Hall–Kier alpha value is -2.24. The Labute approximate surface area is 190 Å². The van der Waals surface area contributed by atoms with Crippen molar-refractivity contribution in [1.82, 2.24) is 24.2 Å². The monoisotopic (exact) mass is 481 g/mol. The van der Waals surface area contributed by atoms with Crippen molar-refractivity contribution in [2.75, 3.05) is 32.1 Å². The number of rotatable bonds is 4. The van der Waals surface area contributed by atoms with Gasteiger partial charge in [0, 0.05) is 36.3 Å². The molecule has 7 nitrogen and oxygen atoms in total. The maximum atomic E-state index is 13.1. The lowest BCUT2D eigenvalue weighted by molar-refractivity contribution is -0.182. The van der Waals surface area contributed by atoms with Crippen molar-refractivity contribution in [3.8, 4) is 0 Å². The molecule has 5 rings (SSSR count). The van der Waals surface area contributed by atoms with Gasteiger partial charge in [-0.15, -0.1) is 0 Å². The van der Waals surface area contributed by atoms with Crippen LogP contribution in [0.15, 0.2) is 30.7 Å². The molecule has 0 amide bonds. The zero-order valence-corrected chi connectivity index (χ0v) is 18.9. The summed E-state index contributed by atoms with van der Waals surface area (Å²) in [7, 11) is -3.78. The largest absolute Gasteiger partial charge is 0.393 e. The van der Waals surface area contributed by atoms with Crippen molar-refractivity contribution >= 4 is 32.0 Å². The van der Waals surface area contributed by atoms with Crippen LogP contribution in [-0.4, -0.2) is 70.8 Å². The summed E-state index contributed by atoms with van der Waals surface area (Å²) in [5.41, 5.74) is 2.81. The van der Waals surface area contributed by atoms with Crippen molar-refractivity contribution in [3.63, 3.8) is 0 Å². The number of aromatic amines is 1. The van der Waals surface area contributed by atoms with Crippen molar-refractivity contribution < 1.29 is 21.6 Å². The van der Waals surface area contributed by atoms with Gasteiger partial charge in [-0.3, -0.25) is 9.88 Å². The highest BCUT2D eigenvalue weighted by Gasteiger charge is 2.44. The number of nitrogens with one attached hydrogen (secondary N) is 1. The number of fused-ring (bicyclic) bond motifs is 3. The molecule has 0 spiro atoms. The molecule has 0 aromatic carbocycles. The summed E-state index contributed by atoms with van der Waals surface area (Å²) in [4.78, 5) is 13.8. The zero-order chi connectivity index (χ0) is 23.2. The SMILES string of the molecule is O=S(=O)(CN1CCC(c2ccnc3cnc4[nH]ccc4c23)CC1)N1CCCC(C(F)(F)F)C1. The fourth-order valence-corrected chi connectivity index (χ4v) is 6.87. The molecule has 2 saturated heterocycles. The number of piperidine rings is 2. The molecular formula is C22H26F3N5O2S.